The number of hydrogen-bond donors (Lipinski definition) is 4. The first-order valence-corrected chi connectivity index (χ1v) is 30.0. The number of amides is 10. The summed E-state index contributed by atoms with van der Waals surface area (Å²) >= 11 is 0. The van der Waals surface area contributed by atoms with Crippen LogP contribution in [-0.2, 0) is 38.4 Å². The molecule has 2 aromatic heterocycles. The van der Waals surface area contributed by atoms with Gasteiger partial charge in [0.25, 0.3) is 11.8 Å². The molecular formula is C64H92N12O10. The van der Waals surface area contributed by atoms with Gasteiger partial charge in [-0.1, -0.05) is 104 Å². The number of fused-ring (bicyclic) bond motifs is 2. The minimum Gasteiger partial charge on any atom is -0.354 e. The van der Waals surface area contributed by atoms with Gasteiger partial charge in [-0.15, -0.1) is 0 Å². The Hall–Kier alpha value is -8.04. The van der Waals surface area contributed by atoms with Crippen LogP contribution in [0.2, 0.25) is 0 Å². The average molecular weight is 1190 g/mol. The number of carbonyl (C=O) groups is 10. The van der Waals surface area contributed by atoms with Crippen LogP contribution in [-0.4, -0.2) is 203 Å². The van der Waals surface area contributed by atoms with Crippen LogP contribution < -0.4 is 21.3 Å². The van der Waals surface area contributed by atoms with Crippen LogP contribution in [0.3, 0.4) is 0 Å². The van der Waals surface area contributed by atoms with Gasteiger partial charge in [0.15, 0.2) is 0 Å². The highest BCUT2D eigenvalue weighted by atomic mass is 16.2. The van der Waals surface area contributed by atoms with Crippen LogP contribution in [0, 0.1) is 23.7 Å². The topological polar surface area (TPSA) is 264 Å². The summed E-state index contributed by atoms with van der Waals surface area (Å²) in [5.41, 5.74) is 1.24. The summed E-state index contributed by atoms with van der Waals surface area (Å²) in [6.45, 7) is 14.3. The van der Waals surface area contributed by atoms with Crippen molar-refractivity contribution in [3.63, 3.8) is 0 Å². The summed E-state index contributed by atoms with van der Waals surface area (Å²) in [5.74, 6) is -5.98. The van der Waals surface area contributed by atoms with Crippen molar-refractivity contribution in [1.82, 2.24) is 60.6 Å². The molecule has 0 radical (unpaired) electrons. The van der Waals surface area contributed by atoms with Crippen LogP contribution in [0.15, 0.2) is 72.8 Å². The molecule has 2 aromatic carbocycles. The number of pyridine rings is 2. The Morgan fingerprint density at radius 2 is 0.779 bits per heavy atom. The third-order valence-electron chi connectivity index (χ3n) is 15.6. The fourth-order valence-electron chi connectivity index (χ4n) is 10.6. The lowest BCUT2D eigenvalue weighted by Crippen LogP contribution is -2.57. The van der Waals surface area contributed by atoms with Crippen molar-refractivity contribution < 1.29 is 47.9 Å². The molecule has 0 bridgehead atoms. The quantitative estimate of drug-likeness (QED) is 0.148. The minimum atomic E-state index is -1.22. The fraction of sp³-hybridized carbons (Fsp3) is 0.562. The van der Waals surface area contributed by atoms with Crippen molar-refractivity contribution in [2.45, 2.75) is 143 Å². The first-order valence-electron chi connectivity index (χ1n) is 30.0. The largest absolute Gasteiger partial charge is 0.354 e. The van der Waals surface area contributed by atoms with Gasteiger partial charge in [0.2, 0.25) is 47.3 Å². The molecule has 0 aliphatic carbocycles. The summed E-state index contributed by atoms with van der Waals surface area (Å²) < 4.78 is 0. The molecule has 86 heavy (non-hydrogen) atoms. The standard InChI is InChI=1S/C64H92N12O10/c1-39(2)33-51-59(81)65-31-19-25-49(69-57(79)47-29-27-43-21-15-17-23-45(43)67-47)61(83)76(14)54(36-42(7)8)64(86)72(10)38-56(78)74(12)52(34-40(3)4)60(82)66-32-20-26-50(70-58(80)48-30-28-44-22-16-18-24-46(44)68-48)62(84)75(13)53(35-41(5)6)63(85)71(9)37-55(77)73(51)11/h15-18,21-24,27-30,39-42,49-54H,19-20,25-26,31-38H2,1-14H3,(H,65,81)(H,66,82)(H,69,79)(H,70,80)/t49-,50-,51-,52-,53-,54-/m0/s1. The van der Waals surface area contributed by atoms with Crippen LogP contribution >= 0.6 is 0 Å². The number of likely N-dealkylation sites (N-methyl/N-ethyl adjacent to an activating group) is 6. The predicted octanol–water partition coefficient (Wildman–Crippen LogP) is 4.90. The molecule has 3 heterocycles. The Kier molecular flexibility index (Phi) is 25.5. The Morgan fingerprint density at radius 1 is 0.453 bits per heavy atom. The SMILES string of the molecule is CC(C)C[C@H]1C(=O)NCCC[C@H](NC(=O)c2ccc3ccccc3n2)C(=O)N(C)[C@@H](CC(C)C)C(=O)N(C)CC(=O)N(C)[C@@H](CC(C)C)C(=O)NCCC[C@H](NC(=O)c2ccc3ccccc3n2)C(=O)N(C)[C@@H](CC(C)C)C(=O)N(C)CC(=O)N1C. The zero-order valence-corrected chi connectivity index (χ0v) is 52.8. The van der Waals surface area contributed by atoms with E-state index < -0.39 is 108 Å². The molecule has 0 spiro atoms. The van der Waals surface area contributed by atoms with Gasteiger partial charge < -0.3 is 50.7 Å². The number of para-hydroxylation sites is 2. The second-order valence-corrected chi connectivity index (χ2v) is 24.6. The number of carbonyl (C=O) groups excluding carboxylic acids is 10. The van der Waals surface area contributed by atoms with Crippen molar-refractivity contribution >= 4 is 80.9 Å². The number of hydrogen-bond acceptors (Lipinski definition) is 12. The van der Waals surface area contributed by atoms with Gasteiger partial charge in [-0.25, -0.2) is 9.97 Å². The molecule has 6 atom stereocenters. The molecule has 10 amide bonds. The Labute approximate surface area is 506 Å². The molecule has 0 saturated carbocycles. The molecule has 1 aliphatic rings. The monoisotopic (exact) mass is 1190 g/mol. The maximum atomic E-state index is 14.9. The number of aromatic nitrogens is 2. The normalized spacial score (nSPS) is 21.7. The number of nitrogens with zero attached hydrogens (tertiary/aromatic N) is 8. The van der Waals surface area contributed by atoms with E-state index in [9.17, 15) is 47.9 Å². The van der Waals surface area contributed by atoms with Gasteiger partial charge in [-0.2, -0.15) is 0 Å². The van der Waals surface area contributed by atoms with E-state index in [1.165, 1.54) is 71.7 Å². The van der Waals surface area contributed by atoms with E-state index in [-0.39, 0.29) is 99.5 Å². The van der Waals surface area contributed by atoms with E-state index in [0.29, 0.717) is 11.0 Å². The van der Waals surface area contributed by atoms with E-state index in [4.69, 9.17) is 0 Å². The summed E-state index contributed by atoms with van der Waals surface area (Å²) in [4.78, 5) is 161. The first kappa shape index (κ1) is 68.7. The maximum Gasteiger partial charge on any atom is 0.270 e. The van der Waals surface area contributed by atoms with E-state index in [0.717, 1.165) is 10.8 Å². The van der Waals surface area contributed by atoms with Crippen molar-refractivity contribution in [2.24, 2.45) is 23.7 Å². The lowest BCUT2D eigenvalue weighted by molar-refractivity contribution is -0.149. The average Bonchev–Trinajstić information content (AvgIpc) is 3.52. The zero-order valence-electron chi connectivity index (χ0n) is 52.8. The van der Waals surface area contributed by atoms with E-state index in [1.807, 2.05) is 79.7 Å². The van der Waals surface area contributed by atoms with Crippen molar-refractivity contribution in [3.05, 3.63) is 84.2 Å². The van der Waals surface area contributed by atoms with E-state index >= 15 is 0 Å². The Bertz CT molecular complexity index is 2860. The molecule has 1 saturated heterocycles. The first-order chi connectivity index (χ1) is 40.6. The van der Waals surface area contributed by atoms with Gasteiger partial charge in [-0.05, 0) is 99.3 Å². The van der Waals surface area contributed by atoms with Crippen LogP contribution in [0.25, 0.3) is 21.8 Å². The third kappa shape index (κ3) is 19.0. The summed E-state index contributed by atoms with van der Waals surface area (Å²) in [6.07, 6.45) is 1.22. The van der Waals surface area contributed by atoms with Crippen LogP contribution in [0.4, 0.5) is 0 Å². The maximum absolute atomic E-state index is 14.9. The molecule has 1 aliphatic heterocycles. The minimum absolute atomic E-state index is 0.00355. The molecule has 22 heteroatoms. The van der Waals surface area contributed by atoms with Gasteiger partial charge in [0.1, 0.15) is 47.6 Å². The second-order valence-electron chi connectivity index (χ2n) is 24.6. The number of nitrogens with one attached hydrogen (secondary N) is 4. The fourth-order valence-corrected chi connectivity index (χ4v) is 10.6. The second kappa shape index (κ2) is 31.9. The number of rotatable bonds is 12. The highest BCUT2D eigenvalue weighted by molar-refractivity contribution is 6.00. The molecule has 1 fully saturated rings. The highest BCUT2D eigenvalue weighted by Crippen LogP contribution is 2.22. The molecule has 4 N–H and O–H groups in total. The van der Waals surface area contributed by atoms with Gasteiger partial charge in [0.05, 0.1) is 24.1 Å². The van der Waals surface area contributed by atoms with E-state index in [1.54, 1.807) is 48.5 Å². The molecule has 5 rings (SSSR count). The van der Waals surface area contributed by atoms with Gasteiger partial charge in [-0.3, -0.25) is 47.9 Å². The molecule has 468 valence electrons. The van der Waals surface area contributed by atoms with E-state index in [2.05, 4.69) is 31.2 Å². The van der Waals surface area contributed by atoms with Crippen LogP contribution in [0.1, 0.15) is 128 Å². The third-order valence-corrected chi connectivity index (χ3v) is 15.6. The van der Waals surface area contributed by atoms with Crippen LogP contribution in [0.5, 0.6) is 0 Å². The van der Waals surface area contributed by atoms with Crippen molar-refractivity contribution in [3.8, 4) is 0 Å². The molecular weight excluding hydrogens is 1100 g/mol. The molecule has 0 unspecified atom stereocenters. The Morgan fingerprint density at radius 3 is 1.12 bits per heavy atom. The van der Waals surface area contributed by atoms with Gasteiger partial charge >= 0.3 is 0 Å². The Balaban J connectivity index is 1.51. The van der Waals surface area contributed by atoms with Gasteiger partial charge in [0, 0.05) is 66.1 Å². The lowest BCUT2D eigenvalue weighted by Gasteiger charge is -2.35. The predicted molar refractivity (Wildman–Crippen MR) is 330 cm³/mol. The molecule has 22 nitrogen and oxygen atoms in total. The van der Waals surface area contributed by atoms with Crippen molar-refractivity contribution in [2.75, 3.05) is 68.5 Å². The number of benzene rings is 2. The van der Waals surface area contributed by atoms with Crippen molar-refractivity contribution in [1.29, 1.82) is 0 Å². The zero-order chi connectivity index (χ0) is 63.7. The summed E-state index contributed by atoms with van der Waals surface area (Å²) in [7, 11) is 8.83. The molecule has 4 aromatic rings. The highest BCUT2D eigenvalue weighted by Gasteiger charge is 2.39. The summed E-state index contributed by atoms with van der Waals surface area (Å²) in [6, 6.07) is 14.5. The smallest absolute Gasteiger partial charge is 0.270 e. The summed E-state index contributed by atoms with van der Waals surface area (Å²) in [5, 5.41) is 13.2. The lowest BCUT2D eigenvalue weighted by atomic mass is 9.99.